The average molecular weight is 411 g/mol. The molecule has 1 aliphatic rings. The molecule has 8 heteroatoms. The predicted octanol–water partition coefficient (Wildman–Crippen LogP) is 3.20. The van der Waals surface area contributed by atoms with Crippen LogP contribution in [0.1, 0.15) is 58.8 Å². The summed E-state index contributed by atoms with van der Waals surface area (Å²) in [6.45, 7) is 3.71. The second-order valence-corrected chi connectivity index (χ2v) is 9.06. The summed E-state index contributed by atoms with van der Waals surface area (Å²) >= 11 is 0. The average Bonchev–Trinajstić information content (AvgIpc) is 2.66. The van der Waals surface area contributed by atoms with Gasteiger partial charge in [-0.2, -0.15) is 0 Å². The summed E-state index contributed by atoms with van der Waals surface area (Å²) in [6.07, 6.45) is 6.43. The van der Waals surface area contributed by atoms with Gasteiger partial charge in [0.05, 0.1) is 10.8 Å². The molecule has 0 aromatic heterocycles. The van der Waals surface area contributed by atoms with Gasteiger partial charge in [-0.05, 0) is 62.8 Å². The van der Waals surface area contributed by atoms with Crippen LogP contribution in [0, 0.1) is 11.8 Å². The van der Waals surface area contributed by atoms with Crippen LogP contribution in [0.5, 0.6) is 0 Å². The van der Waals surface area contributed by atoms with E-state index in [2.05, 4.69) is 12.2 Å². The Balaban J connectivity index is 1.81. The molecule has 28 heavy (non-hydrogen) atoms. The Morgan fingerprint density at radius 1 is 1.18 bits per heavy atom. The number of ether oxygens (including phenoxy) is 1. The largest absolute Gasteiger partial charge is 0.452 e. The minimum atomic E-state index is -3.78. The van der Waals surface area contributed by atoms with Crippen molar-refractivity contribution in [2.45, 2.75) is 69.8 Å². The highest BCUT2D eigenvalue weighted by atomic mass is 32.2. The van der Waals surface area contributed by atoms with E-state index in [4.69, 9.17) is 9.88 Å². The number of carbonyl (C=O) groups excluding carboxylic acids is 2. The molecule has 1 aromatic rings. The lowest BCUT2D eigenvalue weighted by Crippen LogP contribution is -2.33. The number of hydrogen-bond donors (Lipinski definition) is 2. The smallest absolute Gasteiger partial charge is 0.309 e. The third-order valence-corrected chi connectivity index (χ3v) is 6.19. The molecule has 1 aromatic carbocycles. The fraction of sp³-hybridized carbons (Fsp3) is 0.600. The lowest BCUT2D eigenvalue weighted by molar-refractivity contribution is -0.158. The molecule has 1 atom stereocenters. The number of carbonyl (C=O) groups is 2. The van der Waals surface area contributed by atoms with Gasteiger partial charge >= 0.3 is 5.97 Å². The van der Waals surface area contributed by atoms with Crippen molar-refractivity contribution in [1.82, 2.24) is 0 Å². The normalized spacial score (nSPS) is 21.0. The van der Waals surface area contributed by atoms with Crippen molar-refractivity contribution in [1.29, 1.82) is 0 Å². The van der Waals surface area contributed by atoms with Crippen molar-refractivity contribution in [2.24, 2.45) is 17.0 Å². The van der Waals surface area contributed by atoms with Gasteiger partial charge in [0.1, 0.15) is 0 Å². The fourth-order valence-corrected chi connectivity index (χ4v) is 3.99. The molecule has 0 saturated heterocycles. The van der Waals surface area contributed by atoms with Gasteiger partial charge in [-0.1, -0.05) is 26.2 Å². The number of benzene rings is 1. The first-order valence-electron chi connectivity index (χ1n) is 9.85. The number of unbranched alkanes of at least 4 members (excludes halogenated alkanes) is 1. The number of anilines is 1. The van der Waals surface area contributed by atoms with E-state index >= 15 is 0 Å². The van der Waals surface area contributed by atoms with E-state index < -0.39 is 22.0 Å². The van der Waals surface area contributed by atoms with E-state index in [1.807, 2.05) is 0 Å². The molecule has 0 bridgehead atoms. The van der Waals surface area contributed by atoms with Crippen LogP contribution in [0.2, 0.25) is 0 Å². The van der Waals surface area contributed by atoms with Crippen LogP contribution in [0.25, 0.3) is 0 Å². The molecule has 0 aliphatic heterocycles. The summed E-state index contributed by atoms with van der Waals surface area (Å²) in [6, 6.07) is 5.48. The van der Waals surface area contributed by atoms with Gasteiger partial charge in [0.25, 0.3) is 5.91 Å². The Hall–Kier alpha value is -1.93. The molecule has 1 aliphatic carbocycles. The zero-order valence-corrected chi connectivity index (χ0v) is 17.3. The molecule has 1 fully saturated rings. The minimum Gasteiger partial charge on any atom is -0.452 e. The van der Waals surface area contributed by atoms with Crippen LogP contribution in [0.4, 0.5) is 5.69 Å². The molecule has 2 rings (SSSR count). The van der Waals surface area contributed by atoms with Crippen LogP contribution in [-0.4, -0.2) is 26.4 Å². The summed E-state index contributed by atoms with van der Waals surface area (Å²) in [7, 11) is -3.78. The van der Waals surface area contributed by atoms with Crippen molar-refractivity contribution < 1.29 is 22.7 Å². The third-order valence-electron chi connectivity index (χ3n) is 5.26. The maximum atomic E-state index is 12.4. The van der Waals surface area contributed by atoms with Gasteiger partial charge in [-0.25, -0.2) is 13.6 Å². The second kappa shape index (κ2) is 10.0. The Kier molecular flexibility index (Phi) is 8.00. The molecular formula is C20H30N2O5S. The molecular weight excluding hydrogens is 380 g/mol. The van der Waals surface area contributed by atoms with E-state index in [-0.39, 0.29) is 16.8 Å². The maximum absolute atomic E-state index is 12.4. The van der Waals surface area contributed by atoms with Gasteiger partial charge in [0.15, 0.2) is 6.10 Å². The highest BCUT2D eigenvalue weighted by Gasteiger charge is 2.29. The number of nitrogens with two attached hydrogens (primary N) is 1. The van der Waals surface area contributed by atoms with Crippen molar-refractivity contribution in [3.05, 3.63) is 24.3 Å². The van der Waals surface area contributed by atoms with Crippen molar-refractivity contribution in [2.75, 3.05) is 5.32 Å². The molecule has 1 saturated carbocycles. The summed E-state index contributed by atoms with van der Waals surface area (Å²) in [5, 5.41) is 7.65. The quantitative estimate of drug-likeness (QED) is 0.639. The van der Waals surface area contributed by atoms with Crippen LogP contribution >= 0.6 is 0 Å². The fourth-order valence-electron chi connectivity index (χ4n) is 3.48. The number of nitrogens with one attached hydrogen (secondary N) is 1. The molecule has 0 radical (unpaired) electrons. The zero-order chi connectivity index (χ0) is 20.7. The summed E-state index contributed by atoms with van der Waals surface area (Å²) < 4.78 is 27.9. The van der Waals surface area contributed by atoms with E-state index in [1.165, 1.54) is 50.5 Å². The summed E-state index contributed by atoms with van der Waals surface area (Å²) in [5.74, 6) is -0.221. The predicted molar refractivity (Wildman–Crippen MR) is 107 cm³/mol. The van der Waals surface area contributed by atoms with E-state index in [0.717, 1.165) is 25.7 Å². The first-order valence-corrected chi connectivity index (χ1v) is 11.4. The lowest BCUT2D eigenvalue weighted by Gasteiger charge is -2.28. The van der Waals surface area contributed by atoms with Crippen molar-refractivity contribution >= 4 is 27.6 Å². The van der Waals surface area contributed by atoms with Gasteiger partial charge in [0.2, 0.25) is 10.0 Å². The number of hydrogen-bond acceptors (Lipinski definition) is 5. The number of amides is 1. The Bertz CT molecular complexity index is 768. The van der Waals surface area contributed by atoms with Gasteiger partial charge in [-0.15, -0.1) is 0 Å². The molecule has 3 N–H and O–H groups in total. The SMILES string of the molecule is CCCCC1CCC(C(=O)OC(C)C(=O)Nc2ccc(S(N)(=O)=O)cc2)CC1. The van der Waals surface area contributed by atoms with E-state index in [1.54, 1.807) is 0 Å². The molecule has 1 amide bonds. The molecule has 0 spiro atoms. The van der Waals surface area contributed by atoms with E-state index in [9.17, 15) is 18.0 Å². The summed E-state index contributed by atoms with van der Waals surface area (Å²) in [4.78, 5) is 24.6. The standard InChI is InChI=1S/C20H30N2O5S/c1-3-4-5-15-6-8-16(9-7-15)20(24)27-14(2)19(23)22-17-10-12-18(13-11-17)28(21,25)26/h10-16H,3-9H2,1-2H3,(H,22,23)(H2,21,25,26). The Morgan fingerprint density at radius 3 is 2.32 bits per heavy atom. The van der Waals surface area contributed by atoms with Crippen LogP contribution < -0.4 is 10.5 Å². The van der Waals surface area contributed by atoms with Gasteiger partial charge in [0, 0.05) is 5.69 Å². The highest BCUT2D eigenvalue weighted by Crippen LogP contribution is 2.32. The lowest BCUT2D eigenvalue weighted by atomic mass is 9.80. The Morgan fingerprint density at radius 2 is 1.79 bits per heavy atom. The van der Waals surface area contributed by atoms with E-state index in [0.29, 0.717) is 11.6 Å². The zero-order valence-electron chi connectivity index (χ0n) is 16.5. The number of rotatable bonds is 8. The number of esters is 1. The monoisotopic (exact) mass is 410 g/mol. The van der Waals surface area contributed by atoms with Crippen molar-refractivity contribution in [3.63, 3.8) is 0 Å². The number of primary sulfonamides is 1. The second-order valence-electron chi connectivity index (χ2n) is 7.50. The topological polar surface area (TPSA) is 116 Å². The molecule has 1 unspecified atom stereocenters. The molecule has 0 heterocycles. The van der Waals surface area contributed by atoms with Crippen LogP contribution in [-0.2, 0) is 24.3 Å². The van der Waals surface area contributed by atoms with Crippen LogP contribution in [0.15, 0.2) is 29.2 Å². The molecule has 156 valence electrons. The minimum absolute atomic E-state index is 0.0421. The third kappa shape index (κ3) is 6.60. The van der Waals surface area contributed by atoms with Crippen LogP contribution in [0.3, 0.4) is 0 Å². The number of sulfonamides is 1. The Labute approximate surface area is 167 Å². The van der Waals surface area contributed by atoms with Crippen molar-refractivity contribution in [3.8, 4) is 0 Å². The maximum Gasteiger partial charge on any atom is 0.309 e. The van der Waals surface area contributed by atoms with Gasteiger partial charge < -0.3 is 10.1 Å². The highest BCUT2D eigenvalue weighted by molar-refractivity contribution is 7.89. The summed E-state index contributed by atoms with van der Waals surface area (Å²) in [5.41, 5.74) is 0.400. The first-order chi connectivity index (χ1) is 13.2. The first kappa shape index (κ1) is 22.4. The molecule has 7 nitrogen and oxygen atoms in total. The van der Waals surface area contributed by atoms with Gasteiger partial charge in [-0.3, -0.25) is 9.59 Å².